The first-order valence-electron chi connectivity index (χ1n) is 10.7. The van der Waals surface area contributed by atoms with Gasteiger partial charge in [0.15, 0.2) is 16.9 Å². The van der Waals surface area contributed by atoms with Crippen LogP contribution >= 0.6 is 0 Å². The normalized spacial score (nSPS) is 15.8. The van der Waals surface area contributed by atoms with Crippen molar-refractivity contribution in [3.63, 3.8) is 0 Å². The number of carbonyl (C=O) groups is 1. The van der Waals surface area contributed by atoms with Crippen molar-refractivity contribution in [1.29, 1.82) is 0 Å². The van der Waals surface area contributed by atoms with Gasteiger partial charge < -0.3 is 10.1 Å². The molecule has 1 atom stereocenters. The summed E-state index contributed by atoms with van der Waals surface area (Å²) in [4.78, 5) is 43.6. The third-order valence-electron chi connectivity index (χ3n) is 5.56. The minimum Gasteiger partial charge on any atom is -0.460 e. The highest BCUT2D eigenvalue weighted by atomic mass is 16.5. The predicted molar refractivity (Wildman–Crippen MR) is 121 cm³/mol. The van der Waals surface area contributed by atoms with E-state index in [-0.39, 0.29) is 29.6 Å². The quantitative estimate of drug-likeness (QED) is 0.444. The summed E-state index contributed by atoms with van der Waals surface area (Å²) in [6.07, 6.45) is 2.74. The van der Waals surface area contributed by atoms with E-state index in [0.29, 0.717) is 24.7 Å². The van der Waals surface area contributed by atoms with Crippen LogP contribution in [-0.2, 0) is 20.1 Å². The first kappa shape index (κ1) is 21.8. The average Bonchev–Trinajstić information content (AvgIpc) is 3.42. The Labute approximate surface area is 185 Å². The van der Waals surface area contributed by atoms with Gasteiger partial charge in [0.1, 0.15) is 6.10 Å². The molecule has 4 rings (SSSR count). The molecule has 1 saturated heterocycles. The van der Waals surface area contributed by atoms with Gasteiger partial charge in [-0.3, -0.25) is 23.3 Å². The molecule has 1 aliphatic heterocycles. The molecule has 1 N–H and O–H groups in total. The van der Waals surface area contributed by atoms with Gasteiger partial charge in [0.2, 0.25) is 0 Å². The topological polar surface area (TPSA) is 100 Å². The molecule has 9 nitrogen and oxygen atoms in total. The Morgan fingerprint density at radius 2 is 1.97 bits per heavy atom. The van der Waals surface area contributed by atoms with Crippen molar-refractivity contribution >= 4 is 16.9 Å². The lowest BCUT2D eigenvalue weighted by Gasteiger charge is -2.13. The van der Waals surface area contributed by atoms with Crippen LogP contribution in [0.3, 0.4) is 0 Å². The first-order valence-corrected chi connectivity index (χ1v) is 10.7. The number of aromatic nitrogens is 4. The summed E-state index contributed by atoms with van der Waals surface area (Å²) >= 11 is 0. The zero-order valence-electron chi connectivity index (χ0n) is 18.5. The zero-order valence-corrected chi connectivity index (χ0v) is 18.5. The summed E-state index contributed by atoms with van der Waals surface area (Å²) in [5, 5.41) is 3.24. The molecule has 0 aliphatic carbocycles. The number of hydrogen-bond acceptors (Lipinski definition) is 6. The molecule has 0 amide bonds. The molecule has 1 aliphatic rings. The number of hydrogen-bond donors (Lipinski definition) is 1. The average molecular weight is 438 g/mol. The molecule has 32 heavy (non-hydrogen) atoms. The lowest BCUT2D eigenvalue weighted by molar-refractivity contribution is 0.0969. The fourth-order valence-corrected chi connectivity index (χ4v) is 3.76. The number of ether oxygens (including phenoxy) is 1. The second-order valence-electron chi connectivity index (χ2n) is 8.21. The van der Waals surface area contributed by atoms with Crippen LogP contribution in [-0.4, -0.2) is 43.7 Å². The Morgan fingerprint density at radius 1 is 1.22 bits per heavy atom. The Balaban J connectivity index is 1.85. The number of aryl methyl sites for hydroxylation is 1. The maximum absolute atomic E-state index is 13.4. The van der Waals surface area contributed by atoms with Crippen molar-refractivity contribution in [2.45, 2.75) is 39.5 Å². The van der Waals surface area contributed by atoms with Crippen LogP contribution in [0.25, 0.3) is 11.2 Å². The van der Waals surface area contributed by atoms with Crippen molar-refractivity contribution in [2.24, 2.45) is 7.05 Å². The number of benzene rings is 1. The van der Waals surface area contributed by atoms with Gasteiger partial charge in [-0.15, -0.1) is 0 Å². The number of nitrogens with one attached hydrogen (secondary N) is 1. The second-order valence-corrected chi connectivity index (χ2v) is 8.21. The van der Waals surface area contributed by atoms with Gasteiger partial charge in [-0.05, 0) is 26.8 Å². The van der Waals surface area contributed by atoms with Crippen LogP contribution in [0.2, 0.25) is 0 Å². The van der Waals surface area contributed by atoms with E-state index in [2.05, 4.69) is 10.3 Å². The molecule has 1 aromatic carbocycles. The number of nitrogens with zero attached hydrogens (tertiary/aromatic N) is 4. The van der Waals surface area contributed by atoms with Gasteiger partial charge in [0.05, 0.1) is 6.54 Å². The molecule has 9 heteroatoms. The second kappa shape index (κ2) is 8.96. The lowest BCUT2D eigenvalue weighted by Crippen LogP contribution is -2.41. The highest BCUT2D eigenvalue weighted by molar-refractivity contribution is 5.95. The van der Waals surface area contributed by atoms with Crippen molar-refractivity contribution in [3.8, 4) is 6.01 Å². The van der Waals surface area contributed by atoms with Crippen LogP contribution < -0.4 is 21.3 Å². The van der Waals surface area contributed by atoms with Crippen LogP contribution in [0.1, 0.15) is 30.6 Å². The fraction of sp³-hybridized carbons (Fsp3) is 0.391. The van der Waals surface area contributed by atoms with Crippen LogP contribution in [0.15, 0.2) is 51.6 Å². The minimum atomic E-state index is -0.590. The lowest BCUT2D eigenvalue weighted by atomic mass is 10.1. The SMILES string of the molecule is CC(C)=CCn1c(O[C@@H]2CCNC2)nc2c1c(=O)n(CC(=O)c1ccccc1)c(=O)n2C. The standard InChI is InChI=1S/C23H27N5O4/c1-15(2)10-12-27-19-20(25-22(27)32-17-9-11-24-13-17)26(3)23(31)28(21(19)30)14-18(29)16-7-5-4-6-8-16/h4-8,10,17,24H,9,11-14H2,1-3H3/t17-/m1/s1. The van der Waals surface area contributed by atoms with E-state index in [1.165, 1.54) is 4.57 Å². The summed E-state index contributed by atoms with van der Waals surface area (Å²) in [6, 6.07) is 8.91. The number of rotatable bonds is 7. The number of fused-ring (bicyclic) bond motifs is 1. The third kappa shape index (κ3) is 4.16. The number of Topliss-reactive ketones (excluding diaryl/α,β-unsaturated/α-hetero) is 1. The summed E-state index contributed by atoms with van der Waals surface area (Å²) in [5.41, 5.74) is 0.856. The molecule has 0 bridgehead atoms. The summed E-state index contributed by atoms with van der Waals surface area (Å²) < 4.78 is 10.1. The molecule has 2 aromatic heterocycles. The number of carbonyl (C=O) groups excluding carboxylic acids is 1. The Hall–Kier alpha value is -3.46. The fourth-order valence-electron chi connectivity index (χ4n) is 3.76. The monoisotopic (exact) mass is 437 g/mol. The van der Waals surface area contributed by atoms with E-state index in [9.17, 15) is 14.4 Å². The van der Waals surface area contributed by atoms with Crippen LogP contribution in [0.5, 0.6) is 6.01 Å². The van der Waals surface area contributed by atoms with E-state index < -0.39 is 11.2 Å². The number of imidazole rings is 1. The maximum atomic E-state index is 13.4. The molecule has 3 aromatic rings. The molecule has 0 saturated carbocycles. The summed E-state index contributed by atoms with van der Waals surface area (Å²) in [5.74, 6) is -0.312. The molecular formula is C23H27N5O4. The van der Waals surface area contributed by atoms with E-state index >= 15 is 0 Å². The largest absolute Gasteiger partial charge is 0.460 e. The Morgan fingerprint density at radius 3 is 2.62 bits per heavy atom. The van der Waals surface area contributed by atoms with Gasteiger partial charge in [0.25, 0.3) is 11.6 Å². The smallest absolute Gasteiger partial charge is 0.332 e. The van der Waals surface area contributed by atoms with Crippen molar-refractivity contribution in [3.05, 3.63) is 68.4 Å². The van der Waals surface area contributed by atoms with Gasteiger partial charge in [-0.25, -0.2) is 4.79 Å². The highest BCUT2D eigenvalue weighted by Gasteiger charge is 2.25. The van der Waals surface area contributed by atoms with E-state index in [4.69, 9.17) is 4.74 Å². The van der Waals surface area contributed by atoms with Gasteiger partial charge >= 0.3 is 5.69 Å². The molecule has 3 heterocycles. The molecule has 0 radical (unpaired) electrons. The molecule has 0 unspecified atom stereocenters. The summed E-state index contributed by atoms with van der Waals surface area (Å²) in [7, 11) is 1.55. The van der Waals surface area contributed by atoms with Crippen molar-refractivity contribution < 1.29 is 9.53 Å². The van der Waals surface area contributed by atoms with Crippen LogP contribution in [0.4, 0.5) is 0 Å². The molecule has 168 valence electrons. The predicted octanol–water partition coefficient (Wildman–Crippen LogP) is 1.49. The van der Waals surface area contributed by atoms with Crippen molar-refractivity contribution in [1.82, 2.24) is 24.0 Å². The Bertz CT molecular complexity index is 1290. The number of allylic oxidation sites excluding steroid dienone is 2. The first-order chi connectivity index (χ1) is 15.4. The van der Waals surface area contributed by atoms with E-state index in [0.717, 1.165) is 23.1 Å². The zero-order chi connectivity index (χ0) is 22.8. The van der Waals surface area contributed by atoms with Gasteiger partial charge in [-0.2, -0.15) is 4.98 Å². The minimum absolute atomic E-state index is 0.0591. The molecule has 0 spiro atoms. The maximum Gasteiger partial charge on any atom is 0.332 e. The summed E-state index contributed by atoms with van der Waals surface area (Å²) in [6.45, 7) is 5.50. The van der Waals surface area contributed by atoms with Gasteiger partial charge in [-0.1, -0.05) is 42.0 Å². The van der Waals surface area contributed by atoms with E-state index in [1.807, 2.05) is 19.9 Å². The third-order valence-corrected chi connectivity index (χ3v) is 5.56. The number of ketones is 1. The van der Waals surface area contributed by atoms with Crippen LogP contribution in [0, 0.1) is 0 Å². The molecular weight excluding hydrogens is 410 g/mol. The molecule has 1 fully saturated rings. The highest BCUT2D eigenvalue weighted by Crippen LogP contribution is 2.21. The van der Waals surface area contributed by atoms with Gasteiger partial charge in [0, 0.05) is 25.7 Å². The Kier molecular flexibility index (Phi) is 6.09. The van der Waals surface area contributed by atoms with Crippen molar-refractivity contribution in [2.75, 3.05) is 13.1 Å². The van der Waals surface area contributed by atoms with E-state index in [1.54, 1.807) is 41.9 Å².